The maximum absolute atomic E-state index is 11.6. The average Bonchev–Trinajstić information content (AvgIpc) is 2.63. The van der Waals surface area contributed by atoms with E-state index in [0.717, 1.165) is 16.7 Å². The third-order valence-corrected chi connectivity index (χ3v) is 4.26. The van der Waals surface area contributed by atoms with Gasteiger partial charge in [0.05, 0.1) is 0 Å². The SMILES string of the molecule is NC(Cc1ccccc1)C(O)(c1ccccc1)c1ccccc1.[I-]. The van der Waals surface area contributed by atoms with Crippen molar-refractivity contribution < 1.29 is 29.1 Å². The van der Waals surface area contributed by atoms with Crippen LogP contribution in [0, 0.1) is 0 Å². The zero-order valence-corrected chi connectivity index (χ0v) is 15.5. The fraction of sp³-hybridized carbons (Fsp3) is 0.143. The lowest BCUT2D eigenvalue weighted by atomic mass is 9.78. The second-order valence-electron chi connectivity index (χ2n) is 5.79. The molecule has 0 bridgehead atoms. The molecule has 1 unspecified atom stereocenters. The van der Waals surface area contributed by atoms with Crippen molar-refractivity contribution in [3.8, 4) is 0 Å². The van der Waals surface area contributed by atoms with Crippen LogP contribution >= 0.6 is 0 Å². The van der Waals surface area contributed by atoms with E-state index >= 15 is 0 Å². The van der Waals surface area contributed by atoms with Crippen LogP contribution < -0.4 is 29.7 Å². The first-order chi connectivity index (χ1) is 11.2. The molecule has 0 radical (unpaired) electrons. The Bertz CT molecular complexity index is 692. The molecule has 3 aromatic rings. The average molecular weight is 430 g/mol. The minimum Gasteiger partial charge on any atom is -1.00 e. The van der Waals surface area contributed by atoms with Crippen LogP contribution in [0.2, 0.25) is 0 Å². The second-order valence-corrected chi connectivity index (χ2v) is 5.79. The molecule has 0 heterocycles. The number of aliphatic hydroxyl groups is 1. The zero-order valence-electron chi connectivity index (χ0n) is 13.3. The fourth-order valence-corrected chi connectivity index (χ4v) is 3.00. The van der Waals surface area contributed by atoms with Crippen molar-refractivity contribution in [1.82, 2.24) is 0 Å². The molecule has 0 spiro atoms. The Balaban J connectivity index is 0.00000208. The van der Waals surface area contributed by atoms with Crippen molar-refractivity contribution in [1.29, 1.82) is 0 Å². The van der Waals surface area contributed by atoms with Crippen LogP contribution in [0.15, 0.2) is 91.0 Å². The largest absolute Gasteiger partial charge is 1.00 e. The molecule has 0 aliphatic rings. The molecule has 24 heavy (non-hydrogen) atoms. The standard InChI is InChI=1S/C21H21NO.HI/c22-20(16-17-10-4-1-5-11-17)21(23,18-12-6-2-7-13-18)19-14-8-3-9-15-19;/h1-15,20,23H,16,22H2;1H/p-1. The van der Waals surface area contributed by atoms with E-state index in [1.165, 1.54) is 0 Å². The first kappa shape index (κ1) is 18.6. The molecule has 0 aliphatic heterocycles. The Morgan fingerprint density at radius 2 is 1.08 bits per heavy atom. The van der Waals surface area contributed by atoms with E-state index in [1.807, 2.05) is 91.0 Å². The van der Waals surface area contributed by atoms with Gasteiger partial charge in [0, 0.05) is 6.04 Å². The molecular weight excluding hydrogens is 409 g/mol. The predicted octanol–water partition coefficient (Wildman–Crippen LogP) is 0.496. The van der Waals surface area contributed by atoms with Crippen LogP contribution in [0.25, 0.3) is 0 Å². The molecule has 0 aliphatic carbocycles. The Morgan fingerprint density at radius 1 is 0.708 bits per heavy atom. The number of halogens is 1. The summed E-state index contributed by atoms with van der Waals surface area (Å²) < 4.78 is 0. The highest BCUT2D eigenvalue weighted by Gasteiger charge is 2.37. The van der Waals surface area contributed by atoms with Gasteiger partial charge in [-0.2, -0.15) is 0 Å². The maximum atomic E-state index is 11.6. The van der Waals surface area contributed by atoms with Gasteiger partial charge in [0.15, 0.2) is 0 Å². The molecule has 0 aromatic heterocycles. The summed E-state index contributed by atoms with van der Waals surface area (Å²) in [5.74, 6) is 0. The maximum Gasteiger partial charge on any atom is 0.130 e. The van der Waals surface area contributed by atoms with Crippen LogP contribution in [0.4, 0.5) is 0 Å². The van der Waals surface area contributed by atoms with Crippen molar-refractivity contribution in [3.05, 3.63) is 108 Å². The van der Waals surface area contributed by atoms with Crippen molar-refractivity contribution in [2.24, 2.45) is 5.73 Å². The Kier molecular flexibility index (Phi) is 6.54. The van der Waals surface area contributed by atoms with Crippen molar-refractivity contribution in [2.75, 3.05) is 0 Å². The summed E-state index contributed by atoms with van der Waals surface area (Å²) >= 11 is 0. The minimum absolute atomic E-state index is 0. The molecule has 124 valence electrons. The molecule has 0 amide bonds. The Labute approximate surface area is 160 Å². The van der Waals surface area contributed by atoms with Crippen LogP contribution in [0.1, 0.15) is 16.7 Å². The highest BCUT2D eigenvalue weighted by atomic mass is 127. The molecule has 0 saturated heterocycles. The van der Waals surface area contributed by atoms with Gasteiger partial charge >= 0.3 is 0 Å². The lowest BCUT2D eigenvalue weighted by Gasteiger charge is -2.35. The summed E-state index contributed by atoms with van der Waals surface area (Å²) in [5.41, 5.74) is 8.02. The molecule has 2 nitrogen and oxygen atoms in total. The van der Waals surface area contributed by atoms with Gasteiger partial charge in [-0.3, -0.25) is 0 Å². The van der Waals surface area contributed by atoms with Gasteiger partial charge in [-0.15, -0.1) is 0 Å². The van der Waals surface area contributed by atoms with E-state index in [9.17, 15) is 5.11 Å². The highest BCUT2D eigenvalue weighted by molar-refractivity contribution is 5.38. The van der Waals surface area contributed by atoms with Crippen molar-refractivity contribution in [2.45, 2.75) is 18.1 Å². The fourth-order valence-electron chi connectivity index (χ4n) is 3.00. The minimum atomic E-state index is -1.22. The first-order valence-electron chi connectivity index (χ1n) is 7.84. The van der Waals surface area contributed by atoms with Gasteiger partial charge in [0.25, 0.3) is 0 Å². The predicted molar refractivity (Wildman–Crippen MR) is 94.0 cm³/mol. The van der Waals surface area contributed by atoms with Gasteiger partial charge in [-0.25, -0.2) is 0 Å². The Hall–Kier alpha value is -1.69. The number of hydrogen-bond donors (Lipinski definition) is 2. The number of hydrogen-bond acceptors (Lipinski definition) is 2. The molecule has 3 N–H and O–H groups in total. The lowest BCUT2D eigenvalue weighted by molar-refractivity contribution is -0.00000838. The Morgan fingerprint density at radius 3 is 1.50 bits per heavy atom. The molecule has 1 atom stereocenters. The topological polar surface area (TPSA) is 46.2 Å². The lowest BCUT2D eigenvalue weighted by Crippen LogP contribution is -3.00. The van der Waals surface area contributed by atoms with Gasteiger partial charge in [0.2, 0.25) is 0 Å². The van der Waals surface area contributed by atoms with Crippen LogP contribution in [0.3, 0.4) is 0 Å². The van der Waals surface area contributed by atoms with Crippen molar-refractivity contribution in [3.63, 3.8) is 0 Å². The molecule has 0 saturated carbocycles. The molecule has 0 fully saturated rings. The van der Waals surface area contributed by atoms with Gasteiger partial charge in [0.1, 0.15) is 5.60 Å². The second kappa shape index (κ2) is 8.42. The monoisotopic (exact) mass is 430 g/mol. The molecule has 3 heteroatoms. The third-order valence-electron chi connectivity index (χ3n) is 4.26. The van der Waals surface area contributed by atoms with E-state index in [4.69, 9.17) is 5.73 Å². The van der Waals surface area contributed by atoms with E-state index in [2.05, 4.69) is 0 Å². The molecule has 3 rings (SSSR count). The number of nitrogens with two attached hydrogens (primary N) is 1. The van der Waals surface area contributed by atoms with Gasteiger partial charge in [-0.1, -0.05) is 91.0 Å². The smallest absolute Gasteiger partial charge is 0.130 e. The normalized spacial score (nSPS) is 12.2. The zero-order chi connectivity index (χ0) is 16.1. The molecular formula is C21H21INO-. The van der Waals surface area contributed by atoms with E-state index in [-0.39, 0.29) is 24.0 Å². The summed E-state index contributed by atoms with van der Waals surface area (Å²) in [6.45, 7) is 0. The number of rotatable bonds is 5. The summed E-state index contributed by atoms with van der Waals surface area (Å²) in [6.07, 6.45) is 0.598. The van der Waals surface area contributed by atoms with E-state index in [1.54, 1.807) is 0 Å². The van der Waals surface area contributed by atoms with E-state index < -0.39 is 11.6 Å². The summed E-state index contributed by atoms with van der Waals surface area (Å²) in [7, 11) is 0. The van der Waals surface area contributed by atoms with Crippen LogP contribution in [0.5, 0.6) is 0 Å². The highest BCUT2D eigenvalue weighted by Crippen LogP contribution is 2.33. The van der Waals surface area contributed by atoms with E-state index in [0.29, 0.717) is 6.42 Å². The summed E-state index contributed by atoms with van der Waals surface area (Å²) in [5, 5.41) is 11.6. The van der Waals surface area contributed by atoms with Gasteiger partial charge in [-0.05, 0) is 23.1 Å². The summed E-state index contributed by atoms with van der Waals surface area (Å²) in [4.78, 5) is 0. The van der Waals surface area contributed by atoms with Crippen LogP contribution in [-0.4, -0.2) is 11.1 Å². The third kappa shape index (κ3) is 3.86. The molecule has 3 aromatic carbocycles. The van der Waals surface area contributed by atoms with Crippen molar-refractivity contribution >= 4 is 0 Å². The first-order valence-corrected chi connectivity index (χ1v) is 7.84. The van der Waals surface area contributed by atoms with Gasteiger partial charge < -0.3 is 34.8 Å². The number of benzene rings is 3. The van der Waals surface area contributed by atoms with Crippen LogP contribution in [-0.2, 0) is 12.0 Å². The quantitative estimate of drug-likeness (QED) is 0.580. The summed E-state index contributed by atoms with van der Waals surface area (Å²) in [6, 6.07) is 28.9.